The van der Waals surface area contributed by atoms with E-state index in [4.69, 9.17) is 0 Å². The Morgan fingerprint density at radius 2 is 1.89 bits per heavy atom. The van der Waals surface area contributed by atoms with E-state index >= 15 is 0 Å². The molecule has 0 radical (unpaired) electrons. The minimum atomic E-state index is -0.0419. The van der Waals surface area contributed by atoms with Crippen LogP contribution >= 0.6 is 0 Å². The molecular formula is C16H15NO2. The molecular weight excluding hydrogens is 238 g/mol. The van der Waals surface area contributed by atoms with Gasteiger partial charge in [-0.2, -0.15) is 0 Å². The summed E-state index contributed by atoms with van der Waals surface area (Å²) in [5, 5.41) is 12.8. The largest absolute Gasteiger partial charge is 0.507 e. The highest BCUT2D eigenvalue weighted by Gasteiger charge is 2.23. The maximum absolute atomic E-state index is 12.0. The monoisotopic (exact) mass is 253 g/mol. The highest BCUT2D eigenvalue weighted by Crippen LogP contribution is 2.29. The summed E-state index contributed by atoms with van der Waals surface area (Å²) >= 11 is 0. The second-order valence-electron chi connectivity index (χ2n) is 4.85. The minimum absolute atomic E-state index is 0.0419. The molecule has 2 aromatic rings. The lowest BCUT2D eigenvalue weighted by molar-refractivity contribution is 0.0951. The van der Waals surface area contributed by atoms with Crippen LogP contribution in [0, 0.1) is 0 Å². The molecule has 19 heavy (non-hydrogen) atoms. The molecule has 1 amide bonds. The molecule has 3 rings (SSSR count). The van der Waals surface area contributed by atoms with Crippen LogP contribution in [0.4, 0.5) is 0 Å². The number of hydrogen-bond acceptors (Lipinski definition) is 2. The molecule has 3 heteroatoms. The van der Waals surface area contributed by atoms with Crippen LogP contribution in [0.1, 0.15) is 23.2 Å². The molecule has 0 atom stereocenters. The highest BCUT2D eigenvalue weighted by atomic mass is 16.3. The van der Waals surface area contributed by atoms with Gasteiger partial charge in [0.2, 0.25) is 0 Å². The van der Waals surface area contributed by atoms with Crippen molar-refractivity contribution in [2.75, 3.05) is 0 Å². The fraction of sp³-hybridized carbons (Fsp3) is 0.188. The van der Waals surface area contributed by atoms with Gasteiger partial charge in [-0.25, -0.2) is 0 Å². The van der Waals surface area contributed by atoms with Crippen LogP contribution < -0.4 is 5.32 Å². The molecule has 3 nitrogen and oxygen atoms in total. The van der Waals surface area contributed by atoms with Gasteiger partial charge < -0.3 is 10.4 Å². The molecule has 0 saturated heterocycles. The van der Waals surface area contributed by atoms with Gasteiger partial charge in [-0.3, -0.25) is 4.79 Å². The fourth-order valence-corrected chi connectivity index (χ4v) is 2.04. The predicted octanol–water partition coefficient (Wildman–Crippen LogP) is 2.95. The average molecular weight is 253 g/mol. The molecule has 1 aliphatic carbocycles. The quantitative estimate of drug-likeness (QED) is 0.883. The van der Waals surface area contributed by atoms with Gasteiger partial charge in [-0.15, -0.1) is 0 Å². The number of carbonyl (C=O) groups is 1. The third-order valence-corrected chi connectivity index (χ3v) is 3.25. The Bertz CT molecular complexity index is 618. The van der Waals surface area contributed by atoms with E-state index in [1.165, 1.54) is 0 Å². The van der Waals surface area contributed by atoms with Gasteiger partial charge in [-0.1, -0.05) is 30.3 Å². The van der Waals surface area contributed by atoms with E-state index in [9.17, 15) is 9.90 Å². The van der Waals surface area contributed by atoms with Crippen LogP contribution in [0.25, 0.3) is 11.1 Å². The second-order valence-corrected chi connectivity index (χ2v) is 4.85. The Morgan fingerprint density at radius 3 is 2.63 bits per heavy atom. The van der Waals surface area contributed by atoms with E-state index in [2.05, 4.69) is 5.32 Å². The van der Waals surface area contributed by atoms with Crippen molar-refractivity contribution in [3.8, 4) is 16.9 Å². The summed E-state index contributed by atoms with van der Waals surface area (Å²) in [4.78, 5) is 12.0. The number of rotatable bonds is 3. The molecule has 0 aromatic heterocycles. The zero-order valence-corrected chi connectivity index (χ0v) is 10.5. The topological polar surface area (TPSA) is 49.3 Å². The van der Waals surface area contributed by atoms with Crippen LogP contribution in [0.5, 0.6) is 5.75 Å². The van der Waals surface area contributed by atoms with Gasteiger partial charge in [0.05, 0.1) is 0 Å². The number of hydrogen-bond donors (Lipinski definition) is 2. The Hall–Kier alpha value is -2.29. The van der Waals surface area contributed by atoms with Gasteiger partial charge in [0.15, 0.2) is 0 Å². The predicted molar refractivity (Wildman–Crippen MR) is 74.0 cm³/mol. The fourth-order valence-electron chi connectivity index (χ4n) is 2.04. The first-order chi connectivity index (χ1) is 9.24. The zero-order chi connectivity index (χ0) is 13.2. The molecule has 2 aromatic carbocycles. The summed E-state index contributed by atoms with van der Waals surface area (Å²) in [7, 11) is 0. The van der Waals surface area contributed by atoms with E-state index in [1.807, 2.05) is 30.3 Å². The molecule has 2 N–H and O–H groups in total. The first-order valence-corrected chi connectivity index (χ1v) is 6.43. The van der Waals surface area contributed by atoms with E-state index in [1.54, 1.807) is 18.2 Å². The molecule has 0 heterocycles. The first kappa shape index (κ1) is 11.8. The molecule has 0 unspecified atom stereocenters. The average Bonchev–Trinajstić information content (AvgIpc) is 3.23. The molecule has 1 fully saturated rings. The molecule has 1 saturated carbocycles. The smallest absolute Gasteiger partial charge is 0.251 e. The van der Waals surface area contributed by atoms with E-state index in [-0.39, 0.29) is 11.7 Å². The van der Waals surface area contributed by atoms with Crippen molar-refractivity contribution in [3.05, 3.63) is 54.1 Å². The summed E-state index contributed by atoms with van der Waals surface area (Å²) in [6, 6.07) is 14.8. The van der Waals surface area contributed by atoms with Crippen LogP contribution in [0.3, 0.4) is 0 Å². The van der Waals surface area contributed by atoms with Crippen molar-refractivity contribution in [2.24, 2.45) is 0 Å². The summed E-state index contributed by atoms with van der Waals surface area (Å²) in [6.07, 6.45) is 2.15. The van der Waals surface area contributed by atoms with Crippen molar-refractivity contribution < 1.29 is 9.90 Å². The van der Waals surface area contributed by atoms with E-state index in [0.29, 0.717) is 11.6 Å². The Balaban J connectivity index is 1.91. The lowest BCUT2D eigenvalue weighted by Crippen LogP contribution is -2.25. The van der Waals surface area contributed by atoms with Gasteiger partial charge in [0, 0.05) is 17.2 Å². The van der Waals surface area contributed by atoms with E-state index in [0.717, 1.165) is 24.0 Å². The molecule has 0 aliphatic heterocycles. The first-order valence-electron chi connectivity index (χ1n) is 6.43. The highest BCUT2D eigenvalue weighted by molar-refractivity contribution is 5.96. The summed E-state index contributed by atoms with van der Waals surface area (Å²) in [5.74, 6) is 0.182. The van der Waals surface area contributed by atoms with Crippen molar-refractivity contribution in [1.82, 2.24) is 5.32 Å². The van der Waals surface area contributed by atoms with Gasteiger partial charge in [0.1, 0.15) is 5.75 Å². The normalized spacial score (nSPS) is 14.1. The Kier molecular flexibility index (Phi) is 2.95. The number of phenols is 1. The number of nitrogens with one attached hydrogen (secondary N) is 1. The lowest BCUT2D eigenvalue weighted by atomic mass is 10.0. The van der Waals surface area contributed by atoms with Gasteiger partial charge in [-0.05, 0) is 36.6 Å². The molecule has 96 valence electrons. The van der Waals surface area contributed by atoms with Gasteiger partial charge in [0.25, 0.3) is 5.91 Å². The zero-order valence-electron chi connectivity index (χ0n) is 10.5. The third kappa shape index (κ3) is 2.60. The van der Waals surface area contributed by atoms with Crippen molar-refractivity contribution in [3.63, 3.8) is 0 Å². The van der Waals surface area contributed by atoms with Crippen molar-refractivity contribution >= 4 is 5.91 Å². The Morgan fingerprint density at radius 1 is 1.11 bits per heavy atom. The minimum Gasteiger partial charge on any atom is -0.507 e. The SMILES string of the molecule is O=C(NC1CC1)c1cccc(-c2ccccc2O)c1. The lowest BCUT2D eigenvalue weighted by Gasteiger charge is -2.07. The number of para-hydroxylation sites is 1. The number of phenolic OH excluding ortho intramolecular Hbond substituents is 1. The number of carbonyl (C=O) groups excluding carboxylic acids is 1. The van der Waals surface area contributed by atoms with Gasteiger partial charge >= 0.3 is 0 Å². The molecule has 0 spiro atoms. The maximum atomic E-state index is 12.0. The van der Waals surface area contributed by atoms with E-state index < -0.39 is 0 Å². The summed E-state index contributed by atoms with van der Waals surface area (Å²) in [5.41, 5.74) is 2.22. The third-order valence-electron chi connectivity index (χ3n) is 3.25. The summed E-state index contributed by atoms with van der Waals surface area (Å²) < 4.78 is 0. The van der Waals surface area contributed by atoms with Crippen molar-refractivity contribution in [1.29, 1.82) is 0 Å². The van der Waals surface area contributed by atoms with Crippen LogP contribution in [-0.2, 0) is 0 Å². The summed E-state index contributed by atoms with van der Waals surface area (Å²) in [6.45, 7) is 0. The molecule has 1 aliphatic rings. The van der Waals surface area contributed by atoms with Crippen LogP contribution in [0.2, 0.25) is 0 Å². The number of amides is 1. The van der Waals surface area contributed by atoms with Crippen LogP contribution in [-0.4, -0.2) is 17.1 Å². The standard InChI is InChI=1S/C16H15NO2/c18-15-7-2-1-6-14(15)11-4-3-5-12(10-11)16(19)17-13-8-9-13/h1-7,10,13,18H,8-9H2,(H,17,19). The second kappa shape index (κ2) is 4.76. The van der Waals surface area contributed by atoms with Crippen LogP contribution in [0.15, 0.2) is 48.5 Å². The number of benzene rings is 2. The molecule has 0 bridgehead atoms. The van der Waals surface area contributed by atoms with Crippen molar-refractivity contribution in [2.45, 2.75) is 18.9 Å². The maximum Gasteiger partial charge on any atom is 0.251 e. The Labute approximate surface area is 111 Å². The number of aromatic hydroxyl groups is 1.